The van der Waals surface area contributed by atoms with Crippen molar-refractivity contribution in [3.8, 4) is 50.6 Å². The standard InChI is InChI=1S/C69H69BN4/c1-42-22-21-23-43(2)58(42)65-71-55-41-53-52-38-49(69(12,13)14)40-57-61(52)70(54-39-48(68(9,10)11)32-37-56(54)72(57)50-33-28-46(29-34-50)66(3,4)5)74-62(45-26-19-16-20-27-45)59(44-24-17-15-18-25-44)60(63(53)74)64(55)73(65)51-35-30-47(31-36-51)67(6,7)8/h15-41H,1-14H3. The van der Waals surface area contributed by atoms with Gasteiger partial charge in [-0.1, -0.05) is 204 Å². The molecule has 4 heterocycles. The van der Waals surface area contributed by atoms with Gasteiger partial charge in [-0.15, -0.1) is 0 Å². The number of imidazole rings is 1. The molecule has 0 fully saturated rings. The van der Waals surface area contributed by atoms with Crippen LogP contribution in [0.15, 0.2) is 164 Å². The summed E-state index contributed by atoms with van der Waals surface area (Å²) in [4.78, 5) is 8.49. The van der Waals surface area contributed by atoms with Crippen LogP contribution in [0.4, 0.5) is 17.1 Å². The highest BCUT2D eigenvalue weighted by Gasteiger charge is 2.46. The third-order valence-corrected chi connectivity index (χ3v) is 16.2. The summed E-state index contributed by atoms with van der Waals surface area (Å²) in [6.07, 6.45) is 0. The first-order chi connectivity index (χ1) is 35.1. The number of fused-ring (bicyclic) bond motifs is 6. The third-order valence-electron chi connectivity index (χ3n) is 16.2. The van der Waals surface area contributed by atoms with E-state index in [1.54, 1.807) is 0 Å². The molecule has 8 aromatic carbocycles. The largest absolute Gasteiger partial charge is 0.375 e. The van der Waals surface area contributed by atoms with Crippen LogP contribution < -0.4 is 15.8 Å². The van der Waals surface area contributed by atoms with Gasteiger partial charge in [0.05, 0.1) is 11.0 Å². The van der Waals surface area contributed by atoms with Gasteiger partial charge in [0.1, 0.15) is 5.82 Å². The molecule has 0 radical (unpaired) electrons. The van der Waals surface area contributed by atoms with Crippen LogP contribution in [-0.4, -0.2) is 20.9 Å². The van der Waals surface area contributed by atoms with Crippen molar-refractivity contribution in [2.75, 3.05) is 4.90 Å². The summed E-state index contributed by atoms with van der Waals surface area (Å²) in [5, 5.41) is 1.22. The Bertz CT molecular complexity index is 3840. The highest BCUT2D eigenvalue weighted by atomic mass is 15.2. The molecule has 74 heavy (non-hydrogen) atoms. The molecule has 0 bridgehead atoms. The molecular formula is C69H69BN4. The van der Waals surface area contributed by atoms with Crippen LogP contribution in [0.1, 0.15) is 116 Å². The molecule has 0 atom stereocenters. The van der Waals surface area contributed by atoms with Gasteiger partial charge < -0.3 is 9.38 Å². The van der Waals surface area contributed by atoms with E-state index < -0.39 is 0 Å². The van der Waals surface area contributed by atoms with Crippen LogP contribution in [0.2, 0.25) is 0 Å². The summed E-state index contributed by atoms with van der Waals surface area (Å²) in [5.74, 6) is 0.958. The first kappa shape index (κ1) is 47.6. The third kappa shape index (κ3) is 7.43. The zero-order valence-corrected chi connectivity index (χ0v) is 46.0. The quantitative estimate of drug-likeness (QED) is 0.161. The Morgan fingerprint density at radius 1 is 0.432 bits per heavy atom. The summed E-state index contributed by atoms with van der Waals surface area (Å²) >= 11 is 0. The molecule has 2 aliphatic heterocycles. The lowest BCUT2D eigenvalue weighted by molar-refractivity contribution is 0.589. The van der Waals surface area contributed by atoms with Gasteiger partial charge in [0.15, 0.2) is 0 Å². The second kappa shape index (κ2) is 16.6. The maximum atomic E-state index is 5.91. The summed E-state index contributed by atoms with van der Waals surface area (Å²) in [5.41, 5.74) is 26.6. The normalized spacial score (nSPS) is 13.5. The van der Waals surface area contributed by atoms with E-state index in [2.05, 4.69) is 275 Å². The molecule has 12 rings (SSSR count). The summed E-state index contributed by atoms with van der Waals surface area (Å²) in [6.45, 7) is 32.2. The van der Waals surface area contributed by atoms with E-state index in [0.29, 0.717) is 0 Å². The molecule has 368 valence electrons. The van der Waals surface area contributed by atoms with Crippen molar-refractivity contribution in [2.24, 2.45) is 0 Å². The number of rotatable bonds is 5. The number of nitrogens with zero attached hydrogens (tertiary/aromatic N) is 4. The lowest BCUT2D eigenvalue weighted by atomic mass is 9.44. The lowest BCUT2D eigenvalue weighted by Crippen LogP contribution is -2.57. The highest BCUT2D eigenvalue weighted by Crippen LogP contribution is 2.53. The van der Waals surface area contributed by atoms with Gasteiger partial charge >= 0.3 is 6.85 Å². The van der Waals surface area contributed by atoms with Crippen molar-refractivity contribution in [1.29, 1.82) is 0 Å². The van der Waals surface area contributed by atoms with Crippen LogP contribution in [0, 0.1) is 13.8 Å². The number of aryl methyl sites for hydroxylation is 2. The smallest absolute Gasteiger partial charge is 0.333 e. The molecule has 0 unspecified atom stereocenters. The first-order valence-corrected chi connectivity index (χ1v) is 26.7. The van der Waals surface area contributed by atoms with Crippen LogP contribution in [0.5, 0.6) is 0 Å². The van der Waals surface area contributed by atoms with Crippen molar-refractivity contribution >= 4 is 56.8 Å². The first-order valence-electron chi connectivity index (χ1n) is 26.7. The van der Waals surface area contributed by atoms with Crippen LogP contribution in [0.25, 0.3) is 72.5 Å². The lowest BCUT2D eigenvalue weighted by Gasteiger charge is -2.42. The van der Waals surface area contributed by atoms with E-state index in [1.165, 1.54) is 106 Å². The minimum Gasteiger partial charge on any atom is -0.375 e. The highest BCUT2D eigenvalue weighted by molar-refractivity contribution is 6.90. The molecule has 0 aliphatic carbocycles. The van der Waals surface area contributed by atoms with Gasteiger partial charge in [0.25, 0.3) is 0 Å². The van der Waals surface area contributed by atoms with E-state index in [0.717, 1.165) is 28.2 Å². The fourth-order valence-electron chi connectivity index (χ4n) is 12.1. The molecule has 2 aliphatic rings. The van der Waals surface area contributed by atoms with Gasteiger partial charge in [-0.3, -0.25) is 4.57 Å². The predicted octanol–water partition coefficient (Wildman–Crippen LogP) is 17.2. The van der Waals surface area contributed by atoms with Crippen molar-refractivity contribution in [3.05, 3.63) is 197 Å². The van der Waals surface area contributed by atoms with Crippen molar-refractivity contribution in [1.82, 2.24) is 14.0 Å². The maximum absolute atomic E-state index is 5.91. The van der Waals surface area contributed by atoms with Crippen molar-refractivity contribution in [2.45, 2.75) is 119 Å². The Balaban J connectivity index is 1.33. The Morgan fingerprint density at radius 3 is 1.54 bits per heavy atom. The maximum Gasteiger partial charge on any atom is 0.333 e. The molecule has 0 spiro atoms. The minimum absolute atomic E-state index is 0.000815. The Labute approximate surface area is 439 Å². The molecule has 2 aromatic heterocycles. The summed E-state index contributed by atoms with van der Waals surface area (Å²) < 4.78 is 5.28. The van der Waals surface area contributed by atoms with E-state index in [-0.39, 0.29) is 28.5 Å². The number of benzene rings is 8. The Hall–Kier alpha value is -7.37. The van der Waals surface area contributed by atoms with E-state index in [9.17, 15) is 0 Å². The van der Waals surface area contributed by atoms with Crippen molar-refractivity contribution in [3.63, 3.8) is 0 Å². The van der Waals surface area contributed by atoms with Gasteiger partial charge in [-0.2, -0.15) is 0 Å². The van der Waals surface area contributed by atoms with Gasteiger partial charge in [0, 0.05) is 56.0 Å². The molecular weight excluding hydrogens is 896 g/mol. The fourth-order valence-corrected chi connectivity index (χ4v) is 12.1. The van der Waals surface area contributed by atoms with Crippen LogP contribution in [0.3, 0.4) is 0 Å². The average Bonchev–Trinajstić information content (AvgIpc) is 3.96. The fraction of sp³-hybridized carbons (Fsp3) is 0.261. The SMILES string of the molecule is Cc1cccc(C)c1-c1nc2cc3c4c(c(-c5ccccc5)c(-c5ccccc5)n4B4c5cc(C(C)(C)C)ccc5N(c5ccc(C(C)(C)C)cc5)c5cc(C(C)(C)C)cc-3c54)c2n1-c1ccc(C(C)(C)C)cc1. The van der Waals surface area contributed by atoms with Crippen LogP contribution in [-0.2, 0) is 21.7 Å². The van der Waals surface area contributed by atoms with Crippen LogP contribution >= 0.6 is 0 Å². The second-order valence-corrected chi connectivity index (χ2v) is 25.4. The monoisotopic (exact) mass is 965 g/mol. The molecule has 0 N–H and O–H groups in total. The number of aromatic nitrogens is 3. The number of hydrogen-bond acceptors (Lipinski definition) is 2. The number of anilines is 3. The molecule has 0 saturated heterocycles. The van der Waals surface area contributed by atoms with E-state index in [4.69, 9.17) is 4.98 Å². The van der Waals surface area contributed by atoms with Crippen molar-refractivity contribution < 1.29 is 0 Å². The van der Waals surface area contributed by atoms with Gasteiger partial charge in [-0.25, -0.2) is 4.98 Å². The summed E-state index contributed by atoms with van der Waals surface area (Å²) in [6, 6.07) is 62.6. The number of hydrogen-bond donors (Lipinski definition) is 0. The zero-order chi connectivity index (χ0) is 52.0. The molecule has 0 amide bonds. The Morgan fingerprint density at radius 2 is 0.973 bits per heavy atom. The topological polar surface area (TPSA) is 26.0 Å². The Kier molecular flexibility index (Phi) is 10.7. The molecule has 10 aromatic rings. The summed E-state index contributed by atoms with van der Waals surface area (Å²) in [7, 11) is 0. The molecule has 4 nitrogen and oxygen atoms in total. The van der Waals surface area contributed by atoms with E-state index in [1.807, 2.05) is 0 Å². The average molecular weight is 965 g/mol. The van der Waals surface area contributed by atoms with Gasteiger partial charge in [0.2, 0.25) is 0 Å². The minimum atomic E-state index is -0.169. The van der Waals surface area contributed by atoms with E-state index >= 15 is 0 Å². The zero-order valence-electron chi connectivity index (χ0n) is 46.0. The van der Waals surface area contributed by atoms with Gasteiger partial charge in [-0.05, 0) is 139 Å². The molecule has 0 saturated carbocycles. The predicted molar refractivity (Wildman–Crippen MR) is 318 cm³/mol. The second-order valence-electron chi connectivity index (χ2n) is 25.4. The molecule has 5 heteroatoms.